The van der Waals surface area contributed by atoms with Gasteiger partial charge in [0.1, 0.15) is 0 Å². The van der Waals surface area contributed by atoms with Crippen LogP contribution in [0.5, 0.6) is 0 Å². The number of rotatable bonds is 12. The lowest BCUT2D eigenvalue weighted by molar-refractivity contribution is -0.139. The number of hydrogen-bond donors (Lipinski definition) is 2. The molecular weight excluding hydrogens is 306 g/mol. The summed E-state index contributed by atoms with van der Waals surface area (Å²) in [4.78, 5) is 23.0. The van der Waals surface area contributed by atoms with E-state index >= 15 is 0 Å². The molecule has 1 atom stereocenters. The van der Waals surface area contributed by atoms with Crippen LogP contribution in [0.4, 0.5) is 4.79 Å². The van der Waals surface area contributed by atoms with Gasteiger partial charge in [-0.2, -0.15) is 0 Å². The molecule has 0 fully saturated rings. The molecule has 134 valence electrons. The summed E-state index contributed by atoms with van der Waals surface area (Å²) in [7, 11) is 0. The van der Waals surface area contributed by atoms with Crippen molar-refractivity contribution in [2.45, 2.75) is 64.3 Å². The Hall–Kier alpha value is -2.04. The number of amides is 1. The second-order valence-corrected chi connectivity index (χ2v) is 5.94. The molecule has 0 saturated heterocycles. The highest BCUT2D eigenvalue weighted by Crippen LogP contribution is 2.13. The third-order valence-corrected chi connectivity index (χ3v) is 3.87. The van der Waals surface area contributed by atoms with E-state index in [-0.39, 0.29) is 0 Å². The van der Waals surface area contributed by atoms with Crippen LogP contribution in [0.15, 0.2) is 30.3 Å². The second kappa shape index (κ2) is 12.4. The summed E-state index contributed by atoms with van der Waals surface area (Å²) in [6.45, 7) is 2.52. The molecule has 0 aliphatic carbocycles. The number of ether oxygens (including phenoxy) is 1. The number of carboxylic acids is 1. The van der Waals surface area contributed by atoms with E-state index in [1.165, 1.54) is 32.1 Å². The normalized spacial score (nSPS) is 11.7. The van der Waals surface area contributed by atoms with Crippen LogP contribution in [-0.2, 0) is 9.53 Å². The summed E-state index contributed by atoms with van der Waals surface area (Å²) in [6.07, 6.45) is 8.65. The van der Waals surface area contributed by atoms with E-state index < -0.39 is 18.1 Å². The van der Waals surface area contributed by atoms with E-state index in [9.17, 15) is 14.7 Å². The maximum Gasteiger partial charge on any atom is 0.408 e. The minimum Gasteiger partial charge on any atom is -0.479 e. The number of carbonyl (C=O) groups excluding carboxylic acids is 1. The van der Waals surface area contributed by atoms with Gasteiger partial charge in [0.25, 0.3) is 0 Å². The van der Waals surface area contributed by atoms with Crippen molar-refractivity contribution < 1.29 is 19.4 Å². The van der Waals surface area contributed by atoms with Crippen molar-refractivity contribution in [3.8, 4) is 0 Å². The Kier molecular flexibility index (Phi) is 10.3. The number of unbranched alkanes of at least 4 members (excludes halogenated alkanes) is 7. The van der Waals surface area contributed by atoms with Gasteiger partial charge in [-0.05, 0) is 12.0 Å². The Labute approximate surface area is 144 Å². The smallest absolute Gasteiger partial charge is 0.408 e. The average molecular weight is 335 g/mol. The summed E-state index contributed by atoms with van der Waals surface area (Å²) in [6, 6.07) is 7.51. The maximum atomic E-state index is 11.7. The van der Waals surface area contributed by atoms with E-state index in [4.69, 9.17) is 4.74 Å². The molecule has 24 heavy (non-hydrogen) atoms. The standard InChI is InChI=1S/C19H29NO4/c1-2-3-4-5-6-7-8-12-15-24-19(23)20-17(18(21)22)16-13-10-9-11-14-16/h9-11,13-14,17H,2-8,12,15H2,1H3,(H,20,23)(H,21,22)/t17-/m1/s1. The first-order valence-electron chi connectivity index (χ1n) is 8.86. The molecule has 5 heteroatoms. The van der Waals surface area contributed by atoms with Crippen LogP contribution in [0.2, 0.25) is 0 Å². The molecule has 0 radical (unpaired) electrons. The van der Waals surface area contributed by atoms with Gasteiger partial charge in [-0.25, -0.2) is 9.59 Å². The largest absolute Gasteiger partial charge is 0.479 e. The molecule has 1 aromatic rings. The van der Waals surface area contributed by atoms with Crippen LogP contribution in [0, 0.1) is 0 Å². The van der Waals surface area contributed by atoms with Gasteiger partial charge in [0.2, 0.25) is 0 Å². The van der Waals surface area contributed by atoms with E-state index in [0.29, 0.717) is 12.2 Å². The minimum atomic E-state index is -1.11. The highest BCUT2D eigenvalue weighted by atomic mass is 16.5. The third kappa shape index (κ3) is 8.56. The van der Waals surface area contributed by atoms with Crippen LogP contribution >= 0.6 is 0 Å². The van der Waals surface area contributed by atoms with Crippen molar-refractivity contribution in [2.75, 3.05) is 6.61 Å². The zero-order valence-corrected chi connectivity index (χ0v) is 14.5. The van der Waals surface area contributed by atoms with Gasteiger partial charge in [-0.1, -0.05) is 82.2 Å². The fourth-order valence-electron chi connectivity index (χ4n) is 2.49. The highest BCUT2D eigenvalue weighted by Gasteiger charge is 2.22. The van der Waals surface area contributed by atoms with Crippen LogP contribution in [0.3, 0.4) is 0 Å². The van der Waals surface area contributed by atoms with Crippen molar-refractivity contribution >= 4 is 12.1 Å². The lowest BCUT2D eigenvalue weighted by Crippen LogP contribution is -2.34. The number of carbonyl (C=O) groups is 2. The second-order valence-electron chi connectivity index (χ2n) is 5.94. The number of nitrogens with one attached hydrogen (secondary N) is 1. The molecule has 1 amide bonds. The van der Waals surface area contributed by atoms with Gasteiger partial charge in [0.05, 0.1) is 6.61 Å². The Bertz CT molecular complexity index is 476. The Balaban J connectivity index is 2.17. The molecule has 1 aromatic carbocycles. The van der Waals surface area contributed by atoms with Crippen LogP contribution < -0.4 is 5.32 Å². The van der Waals surface area contributed by atoms with Gasteiger partial charge in [0, 0.05) is 0 Å². The van der Waals surface area contributed by atoms with E-state index in [0.717, 1.165) is 19.3 Å². The van der Waals surface area contributed by atoms with Crippen molar-refractivity contribution in [3.63, 3.8) is 0 Å². The first-order valence-corrected chi connectivity index (χ1v) is 8.86. The lowest BCUT2D eigenvalue weighted by Gasteiger charge is -2.14. The average Bonchev–Trinajstić information content (AvgIpc) is 2.58. The minimum absolute atomic E-state index is 0.321. The quantitative estimate of drug-likeness (QED) is 0.544. The zero-order valence-electron chi connectivity index (χ0n) is 14.5. The predicted molar refractivity (Wildman–Crippen MR) is 93.9 cm³/mol. The number of alkyl carbamates (subject to hydrolysis) is 1. The molecule has 0 spiro atoms. The summed E-state index contributed by atoms with van der Waals surface area (Å²) in [5, 5.41) is 11.6. The molecule has 0 bridgehead atoms. The van der Waals surface area contributed by atoms with Crippen molar-refractivity contribution in [3.05, 3.63) is 35.9 Å². The highest BCUT2D eigenvalue weighted by molar-refractivity contribution is 5.81. The number of benzene rings is 1. The third-order valence-electron chi connectivity index (χ3n) is 3.87. The van der Waals surface area contributed by atoms with Crippen molar-refractivity contribution in [2.24, 2.45) is 0 Å². The van der Waals surface area contributed by atoms with E-state index in [1.807, 2.05) is 0 Å². The SMILES string of the molecule is CCCCCCCCCCOC(=O)N[C@@H](C(=O)O)c1ccccc1. The van der Waals surface area contributed by atoms with Crippen LogP contribution in [0.25, 0.3) is 0 Å². The number of hydrogen-bond acceptors (Lipinski definition) is 3. The molecular formula is C19H29NO4. The van der Waals surface area contributed by atoms with Gasteiger partial charge < -0.3 is 15.2 Å². The Morgan fingerprint density at radius 1 is 1.00 bits per heavy atom. The predicted octanol–water partition coefficient (Wildman–Crippen LogP) is 4.68. The van der Waals surface area contributed by atoms with Crippen LogP contribution in [0.1, 0.15) is 69.9 Å². The first kappa shape index (κ1) is 20.0. The van der Waals surface area contributed by atoms with Crippen molar-refractivity contribution in [1.29, 1.82) is 0 Å². The Morgan fingerprint density at radius 3 is 2.17 bits per heavy atom. The molecule has 0 heterocycles. The summed E-state index contributed by atoms with van der Waals surface area (Å²) < 4.78 is 5.08. The summed E-state index contributed by atoms with van der Waals surface area (Å²) in [5.41, 5.74) is 0.522. The number of aliphatic carboxylic acids is 1. The van der Waals surface area contributed by atoms with Crippen molar-refractivity contribution in [1.82, 2.24) is 5.32 Å². The monoisotopic (exact) mass is 335 g/mol. The van der Waals surface area contributed by atoms with Gasteiger partial charge in [-0.3, -0.25) is 0 Å². The molecule has 0 saturated carbocycles. The van der Waals surface area contributed by atoms with Gasteiger partial charge in [0.15, 0.2) is 6.04 Å². The van der Waals surface area contributed by atoms with Crippen LogP contribution in [-0.4, -0.2) is 23.8 Å². The fourth-order valence-corrected chi connectivity index (χ4v) is 2.49. The van der Waals surface area contributed by atoms with Gasteiger partial charge in [-0.15, -0.1) is 0 Å². The molecule has 0 aromatic heterocycles. The summed E-state index contributed by atoms with van der Waals surface area (Å²) in [5.74, 6) is -1.11. The zero-order chi connectivity index (χ0) is 17.6. The molecule has 5 nitrogen and oxygen atoms in total. The number of carboxylic acid groups (broad SMARTS) is 1. The Morgan fingerprint density at radius 2 is 1.58 bits per heavy atom. The first-order chi connectivity index (χ1) is 11.6. The van der Waals surface area contributed by atoms with E-state index in [1.54, 1.807) is 30.3 Å². The molecule has 0 unspecified atom stereocenters. The maximum absolute atomic E-state index is 11.7. The fraction of sp³-hybridized carbons (Fsp3) is 0.579. The molecule has 1 rings (SSSR count). The van der Waals surface area contributed by atoms with E-state index in [2.05, 4.69) is 12.2 Å². The molecule has 2 N–H and O–H groups in total. The van der Waals surface area contributed by atoms with Gasteiger partial charge >= 0.3 is 12.1 Å². The molecule has 0 aliphatic rings. The molecule has 0 aliphatic heterocycles. The lowest BCUT2D eigenvalue weighted by atomic mass is 10.1. The summed E-state index contributed by atoms with van der Waals surface area (Å²) >= 11 is 0. The topological polar surface area (TPSA) is 75.6 Å².